The van der Waals surface area contributed by atoms with Gasteiger partial charge in [-0.3, -0.25) is 0 Å². The fourth-order valence-electron chi connectivity index (χ4n) is 5.68. The molecule has 1 N–H and O–H groups in total. The fourth-order valence-corrected chi connectivity index (χ4v) is 6.27. The lowest BCUT2D eigenvalue weighted by Gasteiger charge is -2.19. The summed E-state index contributed by atoms with van der Waals surface area (Å²) in [5.74, 6) is 1.66. The molecule has 2 aliphatic carbocycles. The fraction of sp³-hybridized carbons (Fsp3) is 0.538. The zero-order valence-electron chi connectivity index (χ0n) is 19.9. The molecule has 196 valence electrons. The Kier molecular flexibility index (Phi) is 11.9. The number of hydrogen-bond donors (Lipinski definition) is 1. The van der Waals surface area contributed by atoms with Crippen molar-refractivity contribution in [3.63, 3.8) is 0 Å². The summed E-state index contributed by atoms with van der Waals surface area (Å²) in [5.41, 5.74) is 3.50. The Morgan fingerprint density at radius 2 is 1.37 bits per heavy atom. The van der Waals surface area contributed by atoms with Gasteiger partial charge in [-0.15, -0.1) is 24.8 Å². The molecule has 2 saturated carbocycles. The predicted molar refractivity (Wildman–Crippen MR) is 161 cm³/mol. The summed E-state index contributed by atoms with van der Waals surface area (Å²) < 4.78 is 0. The molecule has 0 bridgehead atoms. The van der Waals surface area contributed by atoms with Crippen LogP contribution in [0.15, 0.2) is 36.4 Å². The molecule has 4 atom stereocenters. The third-order valence-corrected chi connectivity index (χ3v) is 9.19. The molecule has 2 aliphatic heterocycles. The maximum Gasteiger partial charge on any atom is 0.0595 e. The van der Waals surface area contributed by atoms with Crippen LogP contribution in [0.3, 0.4) is 0 Å². The number of rotatable bonds is 3. The van der Waals surface area contributed by atoms with Crippen molar-refractivity contribution in [3.05, 3.63) is 67.6 Å². The summed E-state index contributed by atoms with van der Waals surface area (Å²) in [6.07, 6.45) is 2.62. The van der Waals surface area contributed by atoms with Gasteiger partial charge in [0.15, 0.2) is 0 Å². The van der Waals surface area contributed by atoms with Gasteiger partial charge < -0.3 is 10.2 Å². The molecule has 2 aromatic carbocycles. The maximum absolute atomic E-state index is 6.10. The summed E-state index contributed by atoms with van der Waals surface area (Å²) >= 11 is 27.1. The van der Waals surface area contributed by atoms with E-state index in [1.807, 2.05) is 25.1 Å². The monoisotopic (exact) mass is 662 g/mol. The Bertz CT molecular complexity index is 1010. The largest absolute Gasteiger partial charge is 0.316 e. The smallest absolute Gasteiger partial charge is 0.0595 e. The Hall–Kier alpha value is 0.580. The molecule has 35 heavy (non-hydrogen) atoms. The average Bonchev–Trinajstić information content (AvgIpc) is 3.60. The minimum absolute atomic E-state index is 0. The van der Waals surface area contributed by atoms with Crippen molar-refractivity contribution in [2.75, 3.05) is 38.1 Å². The highest BCUT2D eigenvalue weighted by Crippen LogP contribution is 2.59. The van der Waals surface area contributed by atoms with Crippen LogP contribution < -0.4 is 5.32 Å². The van der Waals surface area contributed by atoms with Crippen LogP contribution in [0.2, 0.25) is 20.1 Å². The first kappa shape index (κ1) is 31.8. The zero-order valence-corrected chi connectivity index (χ0v) is 26.2. The van der Waals surface area contributed by atoms with E-state index in [9.17, 15) is 0 Å². The molecule has 2 saturated heterocycles. The van der Waals surface area contributed by atoms with Crippen molar-refractivity contribution in [1.29, 1.82) is 0 Å². The van der Waals surface area contributed by atoms with Gasteiger partial charge in [-0.1, -0.05) is 88.3 Å². The van der Waals surface area contributed by atoms with E-state index in [0.717, 1.165) is 36.8 Å². The second-order valence-electron chi connectivity index (χ2n) is 9.60. The summed E-state index contributed by atoms with van der Waals surface area (Å²) in [6, 6.07) is 12.2. The lowest BCUT2D eigenvalue weighted by atomic mass is 9.95. The van der Waals surface area contributed by atoms with Gasteiger partial charge in [0, 0.05) is 35.8 Å². The lowest BCUT2D eigenvalue weighted by Crippen LogP contribution is -2.26. The topological polar surface area (TPSA) is 15.3 Å². The molecule has 0 amide bonds. The highest BCUT2D eigenvalue weighted by molar-refractivity contribution is 9.09. The number of alkyl halides is 1. The molecule has 4 aliphatic rings. The molecule has 2 unspecified atom stereocenters. The Morgan fingerprint density at radius 1 is 0.857 bits per heavy atom. The number of likely N-dealkylation sites (tertiary alicyclic amines) is 1. The van der Waals surface area contributed by atoms with Crippen molar-refractivity contribution >= 4 is 87.1 Å². The third-order valence-electron chi connectivity index (χ3n) is 7.72. The molecule has 0 aromatic heterocycles. The van der Waals surface area contributed by atoms with Crippen molar-refractivity contribution in [2.45, 2.75) is 37.5 Å². The summed E-state index contributed by atoms with van der Waals surface area (Å²) in [5, 5.41) is 7.15. The first-order valence-electron chi connectivity index (χ1n) is 11.7. The van der Waals surface area contributed by atoms with Crippen LogP contribution in [0.1, 0.15) is 37.8 Å². The highest BCUT2D eigenvalue weighted by Gasteiger charge is 2.60. The first-order valence-corrected chi connectivity index (χ1v) is 14.3. The Morgan fingerprint density at radius 3 is 1.77 bits per heavy atom. The lowest BCUT2D eigenvalue weighted by molar-refractivity contribution is 0.314. The molecular formula is C26H33BrCl6N2. The number of halogens is 7. The van der Waals surface area contributed by atoms with Crippen molar-refractivity contribution in [3.8, 4) is 0 Å². The van der Waals surface area contributed by atoms with Gasteiger partial charge in [-0.25, -0.2) is 0 Å². The number of likely N-dealkylation sites (N-methyl/N-ethyl adjacent to an activating group) is 1. The van der Waals surface area contributed by atoms with E-state index in [0.29, 0.717) is 30.9 Å². The van der Waals surface area contributed by atoms with Crippen molar-refractivity contribution < 1.29 is 0 Å². The van der Waals surface area contributed by atoms with Crippen molar-refractivity contribution in [1.82, 2.24) is 10.2 Å². The van der Waals surface area contributed by atoms with Gasteiger partial charge in [0.2, 0.25) is 0 Å². The van der Waals surface area contributed by atoms with E-state index < -0.39 is 0 Å². The molecule has 2 nitrogen and oxygen atoms in total. The zero-order chi connectivity index (χ0) is 23.8. The molecule has 2 aromatic rings. The first-order chi connectivity index (χ1) is 15.8. The van der Waals surface area contributed by atoms with E-state index in [1.165, 1.54) is 37.1 Å². The predicted octanol–water partition coefficient (Wildman–Crippen LogP) is 8.69. The molecule has 0 spiro atoms. The standard InChI is InChI=1S/C13H15Cl2N.C11H11Cl2N.C2H5Br.2ClH/c1-2-16-7-10-6-13(10,8-16)9-3-4-11(14)12(15)5-9;12-9-2-1-7(3-10(9)13)11-4-8(11)5-14-6-11;1-2-3;;/h3-5,10H,2,6-8H2,1H3;1-3,8,14H,4-6H2;2H2,1H3;2*1H/t10?,13-;8?,11-;;;/m00.../s1. The van der Waals surface area contributed by atoms with Crippen LogP contribution in [0.25, 0.3) is 0 Å². The minimum atomic E-state index is 0. The molecule has 0 radical (unpaired) electrons. The number of fused-ring (bicyclic) bond motifs is 2. The second-order valence-corrected chi connectivity index (χ2v) is 12.3. The molecule has 6 rings (SSSR count). The van der Waals surface area contributed by atoms with Crippen LogP contribution >= 0.6 is 87.1 Å². The van der Waals surface area contributed by atoms with E-state index in [-0.39, 0.29) is 24.8 Å². The summed E-state index contributed by atoms with van der Waals surface area (Å²) in [7, 11) is 0. The van der Waals surface area contributed by atoms with Gasteiger partial charge >= 0.3 is 0 Å². The average molecular weight is 666 g/mol. The summed E-state index contributed by atoms with van der Waals surface area (Å²) in [4.78, 5) is 2.52. The van der Waals surface area contributed by atoms with Gasteiger partial charge in [0.25, 0.3) is 0 Å². The van der Waals surface area contributed by atoms with Gasteiger partial charge in [-0.2, -0.15) is 0 Å². The van der Waals surface area contributed by atoms with Gasteiger partial charge in [-0.05, 0) is 73.2 Å². The quantitative estimate of drug-likeness (QED) is 0.330. The number of benzene rings is 2. The Labute approximate surface area is 250 Å². The number of piperidine rings is 2. The van der Waals surface area contributed by atoms with E-state index in [4.69, 9.17) is 46.4 Å². The van der Waals surface area contributed by atoms with Crippen LogP contribution in [-0.2, 0) is 10.8 Å². The van der Waals surface area contributed by atoms with Crippen molar-refractivity contribution in [2.24, 2.45) is 11.8 Å². The molecule has 2 heterocycles. The molecule has 4 fully saturated rings. The van der Waals surface area contributed by atoms with Crippen LogP contribution in [0, 0.1) is 11.8 Å². The maximum atomic E-state index is 6.10. The normalized spacial score (nSPS) is 29.2. The third kappa shape index (κ3) is 6.60. The number of nitrogens with one attached hydrogen (secondary N) is 1. The number of hydrogen-bond acceptors (Lipinski definition) is 2. The molecule has 9 heteroatoms. The highest BCUT2D eigenvalue weighted by atomic mass is 79.9. The Balaban J connectivity index is 0.000000213. The second kappa shape index (κ2) is 13.1. The SMILES string of the molecule is CCBr.CCN1CC2C[C@@]2(c2ccc(Cl)c(Cl)c2)C1.Cl.Cl.Clc1ccc([C@]23CNCC2C3)cc1Cl. The molecular weight excluding hydrogens is 633 g/mol. The van der Waals surface area contributed by atoms with E-state index in [2.05, 4.69) is 51.3 Å². The van der Waals surface area contributed by atoms with E-state index >= 15 is 0 Å². The van der Waals surface area contributed by atoms with Gasteiger partial charge in [0.05, 0.1) is 20.1 Å². The summed E-state index contributed by atoms with van der Waals surface area (Å²) in [6.45, 7) is 10.1. The van der Waals surface area contributed by atoms with Crippen LogP contribution in [0.5, 0.6) is 0 Å². The van der Waals surface area contributed by atoms with Gasteiger partial charge in [0.1, 0.15) is 0 Å². The van der Waals surface area contributed by atoms with Crippen LogP contribution in [-0.4, -0.2) is 43.0 Å². The van der Waals surface area contributed by atoms with E-state index in [1.54, 1.807) is 0 Å². The number of nitrogens with zero attached hydrogens (tertiary/aromatic N) is 1. The minimum Gasteiger partial charge on any atom is -0.316 e. The van der Waals surface area contributed by atoms with Crippen LogP contribution in [0.4, 0.5) is 0 Å².